The van der Waals surface area contributed by atoms with Gasteiger partial charge >= 0.3 is 0 Å². The highest BCUT2D eigenvalue weighted by molar-refractivity contribution is 5.93. The monoisotopic (exact) mass is 247 g/mol. The quantitative estimate of drug-likeness (QED) is 0.847. The van der Waals surface area contributed by atoms with E-state index < -0.39 is 0 Å². The molecule has 0 radical (unpaired) electrons. The second-order valence-corrected chi connectivity index (χ2v) is 5.09. The first-order valence-electron chi connectivity index (χ1n) is 6.61. The van der Waals surface area contributed by atoms with Crippen molar-refractivity contribution in [1.82, 2.24) is 10.3 Å². The molecule has 0 saturated heterocycles. The van der Waals surface area contributed by atoms with Gasteiger partial charge in [-0.05, 0) is 50.3 Å². The molecule has 1 heterocycles. The normalized spacial score (nSPS) is 23.0. The van der Waals surface area contributed by atoms with Crippen LogP contribution in [0, 0.1) is 18.8 Å². The lowest BCUT2D eigenvalue weighted by molar-refractivity contribution is 0.0944. The van der Waals surface area contributed by atoms with Crippen LogP contribution in [0.25, 0.3) is 0 Å². The Kier molecular flexibility index (Phi) is 4.31. The average Bonchev–Trinajstić information content (AvgIpc) is 2.84. The molecule has 1 amide bonds. The van der Waals surface area contributed by atoms with Crippen LogP contribution in [0.15, 0.2) is 18.3 Å². The third-order valence-electron chi connectivity index (χ3n) is 3.82. The number of aromatic nitrogens is 1. The minimum atomic E-state index is -0.0369. The van der Waals surface area contributed by atoms with Crippen molar-refractivity contribution in [1.29, 1.82) is 0 Å². The Morgan fingerprint density at radius 3 is 2.89 bits per heavy atom. The van der Waals surface area contributed by atoms with Gasteiger partial charge in [-0.3, -0.25) is 9.78 Å². The van der Waals surface area contributed by atoms with E-state index in [0.29, 0.717) is 17.4 Å². The second-order valence-electron chi connectivity index (χ2n) is 5.09. The number of nitrogens with one attached hydrogen (secondary N) is 1. The molecule has 98 valence electrons. The van der Waals surface area contributed by atoms with Gasteiger partial charge in [0.2, 0.25) is 0 Å². The van der Waals surface area contributed by atoms with Crippen LogP contribution >= 0.6 is 0 Å². The molecule has 1 saturated carbocycles. The zero-order valence-electron chi connectivity index (χ0n) is 10.9. The van der Waals surface area contributed by atoms with Gasteiger partial charge in [0.1, 0.15) is 0 Å². The van der Waals surface area contributed by atoms with E-state index in [2.05, 4.69) is 10.3 Å². The molecule has 1 aliphatic carbocycles. The maximum absolute atomic E-state index is 11.9. The third-order valence-corrected chi connectivity index (χ3v) is 3.82. The highest BCUT2D eigenvalue weighted by Gasteiger charge is 2.26. The van der Waals surface area contributed by atoms with E-state index in [0.717, 1.165) is 18.8 Å². The number of hydrogen-bond donors (Lipinski definition) is 2. The smallest absolute Gasteiger partial charge is 0.252 e. The van der Waals surface area contributed by atoms with Crippen molar-refractivity contribution >= 4 is 5.91 Å². The van der Waals surface area contributed by atoms with E-state index in [9.17, 15) is 4.79 Å². The Balaban J connectivity index is 1.86. The predicted molar refractivity (Wildman–Crippen MR) is 71.2 cm³/mol. The molecule has 0 aromatic carbocycles. The Labute approximate surface area is 108 Å². The van der Waals surface area contributed by atoms with Crippen molar-refractivity contribution in [3.63, 3.8) is 0 Å². The van der Waals surface area contributed by atoms with Gasteiger partial charge in [-0.25, -0.2) is 0 Å². The summed E-state index contributed by atoms with van der Waals surface area (Å²) in [5.74, 6) is 1.07. The van der Waals surface area contributed by atoms with Gasteiger partial charge in [0.05, 0.1) is 5.56 Å². The first-order chi connectivity index (χ1) is 8.70. The van der Waals surface area contributed by atoms with E-state index in [1.807, 2.05) is 19.1 Å². The molecule has 1 aliphatic rings. The van der Waals surface area contributed by atoms with Gasteiger partial charge in [0.25, 0.3) is 5.91 Å². The molecule has 1 aromatic rings. The molecule has 18 heavy (non-hydrogen) atoms. The van der Waals surface area contributed by atoms with E-state index in [1.165, 1.54) is 19.3 Å². The third kappa shape index (κ3) is 3.07. The number of aryl methyl sites for hydroxylation is 1. The van der Waals surface area contributed by atoms with Gasteiger partial charge in [-0.15, -0.1) is 0 Å². The molecule has 2 rings (SSSR count). The number of hydrogen-bond acceptors (Lipinski definition) is 3. The van der Waals surface area contributed by atoms with Gasteiger partial charge in [0, 0.05) is 18.4 Å². The number of rotatable bonds is 4. The molecule has 0 bridgehead atoms. The summed E-state index contributed by atoms with van der Waals surface area (Å²) in [6.07, 6.45) is 5.23. The van der Waals surface area contributed by atoms with Crippen molar-refractivity contribution in [3.05, 3.63) is 29.6 Å². The van der Waals surface area contributed by atoms with Crippen molar-refractivity contribution in [2.75, 3.05) is 13.1 Å². The van der Waals surface area contributed by atoms with Crippen LogP contribution in [0.4, 0.5) is 0 Å². The number of carbonyl (C=O) groups is 1. The summed E-state index contributed by atoms with van der Waals surface area (Å²) in [4.78, 5) is 16.1. The van der Waals surface area contributed by atoms with E-state index >= 15 is 0 Å². The van der Waals surface area contributed by atoms with Crippen molar-refractivity contribution in [2.24, 2.45) is 17.6 Å². The largest absolute Gasteiger partial charge is 0.352 e. The number of pyridine rings is 1. The van der Waals surface area contributed by atoms with Gasteiger partial charge in [-0.1, -0.05) is 6.42 Å². The van der Waals surface area contributed by atoms with Gasteiger partial charge < -0.3 is 11.1 Å². The molecule has 0 spiro atoms. The van der Waals surface area contributed by atoms with Crippen molar-refractivity contribution < 1.29 is 4.79 Å². The number of nitrogens with two attached hydrogens (primary N) is 1. The minimum absolute atomic E-state index is 0.0369. The zero-order valence-corrected chi connectivity index (χ0v) is 10.9. The SMILES string of the molecule is Cc1ccc(C(=O)NCC2CCCC2CN)cn1. The summed E-state index contributed by atoms with van der Waals surface area (Å²) in [7, 11) is 0. The van der Waals surface area contributed by atoms with Crippen LogP contribution in [0.2, 0.25) is 0 Å². The second kappa shape index (κ2) is 5.96. The molecule has 2 atom stereocenters. The Morgan fingerprint density at radius 1 is 1.44 bits per heavy atom. The number of carbonyl (C=O) groups excluding carboxylic acids is 1. The maximum atomic E-state index is 11.9. The lowest BCUT2D eigenvalue weighted by Crippen LogP contribution is -2.32. The first kappa shape index (κ1) is 13.0. The Morgan fingerprint density at radius 2 is 2.22 bits per heavy atom. The lowest BCUT2D eigenvalue weighted by Gasteiger charge is -2.18. The van der Waals surface area contributed by atoms with Crippen LogP contribution in [-0.4, -0.2) is 24.0 Å². The summed E-state index contributed by atoms with van der Waals surface area (Å²) in [6.45, 7) is 3.37. The Hall–Kier alpha value is -1.42. The molecular formula is C14H21N3O. The predicted octanol–water partition coefficient (Wildman–Crippen LogP) is 1.49. The van der Waals surface area contributed by atoms with Crippen molar-refractivity contribution in [3.8, 4) is 0 Å². The fraction of sp³-hybridized carbons (Fsp3) is 0.571. The summed E-state index contributed by atoms with van der Waals surface area (Å²) in [5, 5.41) is 2.99. The maximum Gasteiger partial charge on any atom is 0.252 e. The fourth-order valence-electron chi connectivity index (χ4n) is 2.62. The molecule has 4 heteroatoms. The highest BCUT2D eigenvalue weighted by Crippen LogP contribution is 2.30. The highest BCUT2D eigenvalue weighted by atomic mass is 16.1. The Bertz CT molecular complexity index is 402. The standard InChI is InChI=1S/C14H21N3O/c1-10-5-6-13(9-16-10)14(18)17-8-12-4-2-3-11(12)7-15/h5-6,9,11-12H,2-4,7-8,15H2,1H3,(H,17,18). The number of amides is 1. The molecule has 0 aliphatic heterocycles. The molecule has 4 nitrogen and oxygen atoms in total. The summed E-state index contributed by atoms with van der Waals surface area (Å²) >= 11 is 0. The first-order valence-corrected chi connectivity index (χ1v) is 6.61. The fourth-order valence-corrected chi connectivity index (χ4v) is 2.62. The number of nitrogens with zero attached hydrogens (tertiary/aromatic N) is 1. The van der Waals surface area contributed by atoms with E-state index in [1.54, 1.807) is 6.20 Å². The molecule has 3 N–H and O–H groups in total. The molecule has 2 unspecified atom stereocenters. The van der Waals surface area contributed by atoms with Crippen LogP contribution in [0.3, 0.4) is 0 Å². The van der Waals surface area contributed by atoms with Crippen LogP contribution in [-0.2, 0) is 0 Å². The van der Waals surface area contributed by atoms with Crippen LogP contribution < -0.4 is 11.1 Å². The summed E-state index contributed by atoms with van der Waals surface area (Å²) in [6, 6.07) is 3.67. The molecule has 1 fully saturated rings. The summed E-state index contributed by atoms with van der Waals surface area (Å²) in [5.41, 5.74) is 7.29. The van der Waals surface area contributed by atoms with E-state index in [-0.39, 0.29) is 5.91 Å². The molecule has 1 aromatic heterocycles. The van der Waals surface area contributed by atoms with Gasteiger partial charge in [0.15, 0.2) is 0 Å². The summed E-state index contributed by atoms with van der Waals surface area (Å²) < 4.78 is 0. The van der Waals surface area contributed by atoms with Crippen molar-refractivity contribution in [2.45, 2.75) is 26.2 Å². The van der Waals surface area contributed by atoms with Crippen LogP contribution in [0.5, 0.6) is 0 Å². The van der Waals surface area contributed by atoms with Crippen LogP contribution in [0.1, 0.15) is 35.3 Å². The average molecular weight is 247 g/mol. The molecular weight excluding hydrogens is 226 g/mol. The topological polar surface area (TPSA) is 68.0 Å². The minimum Gasteiger partial charge on any atom is -0.352 e. The van der Waals surface area contributed by atoms with E-state index in [4.69, 9.17) is 5.73 Å². The lowest BCUT2D eigenvalue weighted by atomic mass is 9.96. The zero-order chi connectivity index (χ0) is 13.0. The van der Waals surface area contributed by atoms with Gasteiger partial charge in [-0.2, -0.15) is 0 Å².